The summed E-state index contributed by atoms with van der Waals surface area (Å²) in [7, 11) is 0. The van der Waals surface area contributed by atoms with E-state index in [0.29, 0.717) is 31.1 Å². The van der Waals surface area contributed by atoms with Crippen molar-refractivity contribution in [1.29, 1.82) is 0 Å². The van der Waals surface area contributed by atoms with E-state index in [0.717, 1.165) is 12.8 Å². The zero-order chi connectivity index (χ0) is 13.8. The lowest BCUT2D eigenvalue weighted by atomic mass is 9.92. The average Bonchev–Trinajstić information content (AvgIpc) is 2.83. The topological polar surface area (TPSA) is 83.6 Å². The lowest BCUT2D eigenvalue weighted by Gasteiger charge is -2.31. The number of rotatable bonds is 4. The van der Waals surface area contributed by atoms with Crippen molar-refractivity contribution in [1.82, 2.24) is 10.1 Å². The van der Waals surface area contributed by atoms with Crippen molar-refractivity contribution in [2.24, 2.45) is 5.92 Å². The highest BCUT2D eigenvalue weighted by Crippen LogP contribution is 2.23. The molecule has 104 valence electrons. The summed E-state index contributed by atoms with van der Waals surface area (Å²) in [6, 6.07) is 1.64. The minimum absolute atomic E-state index is 0.128. The van der Waals surface area contributed by atoms with Gasteiger partial charge in [-0.1, -0.05) is 5.16 Å². The molecule has 1 saturated heterocycles. The zero-order valence-corrected chi connectivity index (χ0v) is 11.0. The second kappa shape index (κ2) is 5.86. The van der Waals surface area contributed by atoms with Crippen molar-refractivity contribution in [3.63, 3.8) is 0 Å². The number of aliphatic carboxylic acids is 1. The third kappa shape index (κ3) is 3.56. The standard InChI is InChI=1S/C13H18N2O4/c1-9-8-11(19-14-9)13(18)15-6-4-10(5-7-15)2-3-12(16)17/h8,10H,2-7H2,1H3,(H,16,17). The van der Waals surface area contributed by atoms with Crippen LogP contribution in [0.2, 0.25) is 0 Å². The Morgan fingerprint density at radius 1 is 1.47 bits per heavy atom. The normalized spacial score (nSPS) is 16.6. The fourth-order valence-electron chi connectivity index (χ4n) is 2.37. The van der Waals surface area contributed by atoms with E-state index in [4.69, 9.17) is 9.63 Å². The number of carboxylic acid groups (broad SMARTS) is 1. The molecule has 2 rings (SSSR count). The van der Waals surface area contributed by atoms with E-state index >= 15 is 0 Å². The molecule has 0 unspecified atom stereocenters. The minimum Gasteiger partial charge on any atom is -0.481 e. The van der Waals surface area contributed by atoms with Crippen LogP contribution >= 0.6 is 0 Å². The summed E-state index contributed by atoms with van der Waals surface area (Å²) in [6.07, 6.45) is 2.61. The number of carbonyl (C=O) groups excluding carboxylic acids is 1. The molecule has 0 saturated carbocycles. The van der Waals surface area contributed by atoms with Gasteiger partial charge in [-0.2, -0.15) is 0 Å². The Kier molecular flexibility index (Phi) is 4.19. The number of aromatic nitrogens is 1. The lowest BCUT2D eigenvalue weighted by molar-refractivity contribution is -0.137. The number of hydrogen-bond donors (Lipinski definition) is 1. The summed E-state index contributed by atoms with van der Waals surface area (Å²) >= 11 is 0. The van der Waals surface area contributed by atoms with Crippen LogP contribution in [0.5, 0.6) is 0 Å². The summed E-state index contributed by atoms with van der Waals surface area (Å²) in [6.45, 7) is 3.09. The Morgan fingerprint density at radius 2 is 2.16 bits per heavy atom. The molecule has 0 atom stereocenters. The van der Waals surface area contributed by atoms with Gasteiger partial charge in [0.25, 0.3) is 5.91 Å². The van der Waals surface area contributed by atoms with E-state index in [-0.39, 0.29) is 18.1 Å². The molecule has 1 amide bonds. The van der Waals surface area contributed by atoms with Crippen molar-refractivity contribution >= 4 is 11.9 Å². The fraction of sp³-hybridized carbons (Fsp3) is 0.615. The van der Waals surface area contributed by atoms with Crippen LogP contribution in [0, 0.1) is 12.8 Å². The molecular weight excluding hydrogens is 248 g/mol. The summed E-state index contributed by atoms with van der Waals surface area (Å²) in [5.41, 5.74) is 0.694. The highest BCUT2D eigenvalue weighted by molar-refractivity contribution is 5.91. The molecule has 0 aliphatic carbocycles. The molecule has 1 aliphatic heterocycles. The average molecular weight is 266 g/mol. The van der Waals surface area contributed by atoms with E-state index in [1.165, 1.54) is 0 Å². The first-order valence-electron chi connectivity index (χ1n) is 6.50. The van der Waals surface area contributed by atoms with Gasteiger partial charge in [-0.3, -0.25) is 9.59 Å². The minimum atomic E-state index is -0.754. The van der Waals surface area contributed by atoms with E-state index in [1.807, 2.05) is 0 Å². The van der Waals surface area contributed by atoms with E-state index in [9.17, 15) is 9.59 Å². The van der Waals surface area contributed by atoms with E-state index in [1.54, 1.807) is 17.9 Å². The van der Waals surface area contributed by atoms with Crippen LogP contribution in [0.25, 0.3) is 0 Å². The number of hydrogen-bond acceptors (Lipinski definition) is 4. The molecule has 19 heavy (non-hydrogen) atoms. The molecule has 6 nitrogen and oxygen atoms in total. The molecule has 1 aliphatic rings. The molecule has 0 bridgehead atoms. The van der Waals surface area contributed by atoms with Crippen LogP contribution in [0.3, 0.4) is 0 Å². The summed E-state index contributed by atoms with van der Waals surface area (Å²) in [5, 5.41) is 12.4. The first-order chi connectivity index (χ1) is 9.06. The van der Waals surface area contributed by atoms with Crippen LogP contribution in [0.1, 0.15) is 41.9 Å². The number of nitrogens with zero attached hydrogens (tertiary/aromatic N) is 2. The largest absolute Gasteiger partial charge is 0.481 e. The molecule has 1 N–H and O–H groups in total. The fourth-order valence-corrected chi connectivity index (χ4v) is 2.37. The van der Waals surface area contributed by atoms with Crippen LogP contribution < -0.4 is 0 Å². The zero-order valence-electron chi connectivity index (χ0n) is 11.0. The molecule has 0 aromatic carbocycles. The molecule has 0 radical (unpaired) electrons. The Bertz CT molecular complexity index is 461. The molecule has 2 heterocycles. The van der Waals surface area contributed by atoms with Crippen LogP contribution in [0.15, 0.2) is 10.6 Å². The van der Waals surface area contributed by atoms with Gasteiger partial charge in [0.1, 0.15) is 0 Å². The van der Waals surface area contributed by atoms with Gasteiger partial charge in [0.15, 0.2) is 0 Å². The maximum atomic E-state index is 12.1. The predicted octanol–water partition coefficient (Wildman–Crippen LogP) is 1.70. The molecule has 0 spiro atoms. The summed E-state index contributed by atoms with van der Waals surface area (Å²) < 4.78 is 4.97. The third-order valence-corrected chi connectivity index (χ3v) is 3.51. The Labute approximate surface area is 111 Å². The van der Waals surface area contributed by atoms with E-state index < -0.39 is 5.97 Å². The van der Waals surface area contributed by atoms with Gasteiger partial charge in [-0.25, -0.2) is 0 Å². The van der Waals surface area contributed by atoms with E-state index in [2.05, 4.69) is 5.16 Å². The van der Waals surface area contributed by atoms with Gasteiger partial charge in [0.2, 0.25) is 5.76 Å². The van der Waals surface area contributed by atoms with Crippen molar-refractivity contribution in [3.8, 4) is 0 Å². The van der Waals surface area contributed by atoms with Crippen LogP contribution in [0.4, 0.5) is 0 Å². The van der Waals surface area contributed by atoms with Crippen molar-refractivity contribution in [2.75, 3.05) is 13.1 Å². The Balaban J connectivity index is 1.83. The molecule has 1 fully saturated rings. The van der Waals surface area contributed by atoms with Crippen molar-refractivity contribution < 1.29 is 19.2 Å². The Morgan fingerprint density at radius 3 is 2.68 bits per heavy atom. The van der Waals surface area contributed by atoms with Crippen molar-refractivity contribution in [3.05, 3.63) is 17.5 Å². The second-order valence-electron chi connectivity index (χ2n) is 5.00. The number of amides is 1. The quantitative estimate of drug-likeness (QED) is 0.896. The van der Waals surface area contributed by atoms with Gasteiger partial charge in [-0.15, -0.1) is 0 Å². The summed E-state index contributed by atoms with van der Waals surface area (Å²) in [4.78, 5) is 24.3. The van der Waals surface area contributed by atoms with Gasteiger partial charge in [-0.05, 0) is 32.1 Å². The SMILES string of the molecule is Cc1cc(C(=O)N2CCC(CCC(=O)O)CC2)on1. The Hall–Kier alpha value is -1.85. The maximum absolute atomic E-state index is 12.1. The molecule has 1 aromatic heterocycles. The number of carboxylic acids is 1. The first-order valence-corrected chi connectivity index (χ1v) is 6.50. The monoisotopic (exact) mass is 266 g/mol. The van der Waals surface area contributed by atoms with Gasteiger partial charge in [0, 0.05) is 25.6 Å². The third-order valence-electron chi connectivity index (χ3n) is 3.51. The number of piperidine rings is 1. The summed E-state index contributed by atoms with van der Waals surface area (Å²) in [5.74, 6) is -0.203. The second-order valence-corrected chi connectivity index (χ2v) is 5.00. The van der Waals surface area contributed by atoms with Crippen molar-refractivity contribution in [2.45, 2.75) is 32.6 Å². The van der Waals surface area contributed by atoms with Gasteiger partial charge < -0.3 is 14.5 Å². The molecular formula is C13H18N2O4. The number of carbonyl (C=O) groups is 2. The molecule has 6 heteroatoms. The maximum Gasteiger partial charge on any atom is 0.303 e. The first kappa shape index (κ1) is 13.6. The van der Waals surface area contributed by atoms with Gasteiger partial charge in [0.05, 0.1) is 5.69 Å². The lowest BCUT2D eigenvalue weighted by Crippen LogP contribution is -2.38. The number of likely N-dealkylation sites (tertiary alicyclic amines) is 1. The van der Waals surface area contributed by atoms with Crippen LogP contribution in [-0.2, 0) is 4.79 Å². The highest BCUT2D eigenvalue weighted by Gasteiger charge is 2.25. The molecule has 1 aromatic rings. The number of aryl methyl sites for hydroxylation is 1. The van der Waals surface area contributed by atoms with Gasteiger partial charge >= 0.3 is 5.97 Å². The predicted molar refractivity (Wildman–Crippen MR) is 66.7 cm³/mol. The highest BCUT2D eigenvalue weighted by atomic mass is 16.5. The smallest absolute Gasteiger partial charge is 0.303 e. The van der Waals surface area contributed by atoms with Crippen LogP contribution in [-0.4, -0.2) is 40.1 Å².